The molecule has 1 aliphatic carbocycles. The Kier molecular flexibility index (Phi) is 21.0. The summed E-state index contributed by atoms with van der Waals surface area (Å²) in [5.74, 6) is 0.315. The summed E-state index contributed by atoms with van der Waals surface area (Å²) in [5, 5.41) is 11.3. The number of allylic oxidation sites excluding steroid dienone is 5. The molecule has 0 unspecified atom stereocenters. The highest BCUT2D eigenvalue weighted by molar-refractivity contribution is 6.09. The lowest BCUT2D eigenvalue weighted by Gasteiger charge is -2.16. The van der Waals surface area contributed by atoms with Crippen LogP contribution in [-0.2, 0) is 0 Å². The molecule has 0 fully saturated rings. The molecule has 226 valence electrons. The first-order valence-corrected chi connectivity index (χ1v) is 15.6. The Morgan fingerprint density at radius 3 is 1.23 bits per heavy atom. The Labute approximate surface area is 250 Å². The molecule has 40 heavy (non-hydrogen) atoms. The van der Waals surface area contributed by atoms with Gasteiger partial charge in [0.1, 0.15) is 5.76 Å². The molecule has 0 heterocycles. The number of rotatable bonds is 2. The average Bonchev–Trinajstić information content (AvgIpc) is 3.27. The van der Waals surface area contributed by atoms with Crippen molar-refractivity contribution in [1.82, 2.24) is 0 Å². The van der Waals surface area contributed by atoms with E-state index in [1.807, 2.05) is 83.1 Å². The van der Waals surface area contributed by atoms with E-state index in [2.05, 4.69) is 73.8 Å². The van der Waals surface area contributed by atoms with Crippen molar-refractivity contribution in [2.75, 3.05) is 0 Å². The van der Waals surface area contributed by atoms with E-state index in [9.17, 15) is 5.11 Å². The van der Waals surface area contributed by atoms with Gasteiger partial charge >= 0.3 is 0 Å². The van der Waals surface area contributed by atoms with E-state index < -0.39 is 0 Å². The zero-order valence-corrected chi connectivity index (χ0v) is 30.0. The summed E-state index contributed by atoms with van der Waals surface area (Å²) in [6.45, 7) is 47.9. The predicted octanol–water partition coefficient (Wildman–Crippen LogP) is 13.3. The van der Waals surface area contributed by atoms with Gasteiger partial charge in [-0.3, -0.25) is 0 Å². The van der Waals surface area contributed by atoms with Gasteiger partial charge in [0.25, 0.3) is 0 Å². The van der Waals surface area contributed by atoms with Crippen molar-refractivity contribution < 1.29 is 5.11 Å². The van der Waals surface area contributed by atoms with Crippen LogP contribution in [0.1, 0.15) is 139 Å². The number of aliphatic hydroxyl groups is 1. The molecule has 1 heteroatoms. The van der Waals surface area contributed by atoms with Crippen LogP contribution in [0.2, 0.25) is 0 Å². The molecule has 0 aromatic heterocycles. The van der Waals surface area contributed by atoms with Crippen LogP contribution in [0.5, 0.6) is 0 Å². The Morgan fingerprint density at radius 1 is 0.525 bits per heavy atom. The van der Waals surface area contributed by atoms with Crippen LogP contribution in [0.4, 0.5) is 0 Å². The Morgan fingerprint density at radius 2 is 0.875 bits per heavy atom. The lowest BCUT2D eigenvalue weighted by Crippen LogP contribution is -1.98. The molecule has 0 radical (unpaired) electrons. The number of aliphatic hydroxyl groups excluding tert-OH is 1. The molecule has 2 aromatic rings. The molecule has 0 saturated heterocycles. The molecule has 0 atom stereocenters. The molecule has 0 spiro atoms. The molecule has 0 amide bonds. The number of aryl methyl sites for hydroxylation is 1. The highest BCUT2D eigenvalue weighted by Crippen LogP contribution is 2.50. The van der Waals surface area contributed by atoms with Crippen molar-refractivity contribution in [2.45, 2.75) is 132 Å². The molecule has 3 rings (SSSR count). The van der Waals surface area contributed by atoms with E-state index in [0.717, 1.165) is 33.4 Å². The van der Waals surface area contributed by atoms with Crippen molar-refractivity contribution >= 4 is 16.7 Å². The first-order chi connectivity index (χ1) is 18.9. The molecule has 1 nitrogen and oxygen atoms in total. The number of hydrogen-bond acceptors (Lipinski definition) is 1. The highest BCUT2D eigenvalue weighted by atomic mass is 16.3. The largest absolute Gasteiger partial charge is 0.507 e. The molecule has 0 saturated carbocycles. The third-order valence-corrected chi connectivity index (χ3v) is 7.44. The first kappa shape index (κ1) is 41.7. The third kappa shape index (κ3) is 8.35. The van der Waals surface area contributed by atoms with Crippen LogP contribution in [0, 0.1) is 48.5 Å². The van der Waals surface area contributed by atoms with Gasteiger partial charge in [-0.25, -0.2) is 0 Å². The number of fused-ring (bicyclic) bond motifs is 1. The topological polar surface area (TPSA) is 20.2 Å². The number of benzene rings is 2. The minimum Gasteiger partial charge on any atom is -0.507 e. The summed E-state index contributed by atoms with van der Waals surface area (Å²) in [5.41, 5.74) is 16.9. The van der Waals surface area contributed by atoms with Crippen LogP contribution in [0.15, 0.2) is 42.2 Å². The van der Waals surface area contributed by atoms with Crippen LogP contribution < -0.4 is 0 Å². The summed E-state index contributed by atoms with van der Waals surface area (Å²) in [6, 6.07) is 4.23. The molecular weight excluding hydrogens is 484 g/mol. The van der Waals surface area contributed by atoms with Crippen LogP contribution >= 0.6 is 0 Å². The van der Waals surface area contributed by atoms with Gasteiger partial charge in [0.15, 0.2) is 0 Å². The van der Waals surface area contributed by atoms with Crippen LogP contribution in [0.25, 0.3) is 16.7 Å². The second kappa shape index (κ2) is 20.1. The lowest BCUT2D eigenvalue weighted by atomic mass is 9.89. The second-order valence-corrected chi connectivity index (χ2v) is 8.86. The van der Waals surface area contributed by atoms with Gasteiger partial charge in [-0.05, 0) is 146 Å². The Bertz CT molecular complexity index is 1150. The summed E-state index contributed by atoms with van der Waals surface area (Å²) >= 11 is 0. The van der Waals surface area contributed by atoms with Gasteiger partial charge in [-0.15, -0.1) is 0 Å². The fourth-order valence-corrected chi connectivity index (χ4v) is 4.84. The van der Waals surface area contributed by atoms with Crippen LogP contribution in [-0.4, -0.2) is 5.11 Å². The third-order valence-electron chi connectivity index (χ3n) is 7.44. The monoisotopic (exact) mass is 548 g/mol. The SMILES string of the molecule is C=C1C(=C(C)/C(O)=C(/C)c2ccc(C)c(C)c2C)C(=C)c2c(C)c(C)c(C)c(C)c21.CC.CC.CC.CC.CC. The molecule has 0 bridgehead atoms. The zero-order valence-electron chi connectivity index (χ0n) is 30.0. The van der Waals surface area contributed by atoms with E-state index in [0.29, 0.717) is 5.76 Å². The van der Waals surface area contributed by atoms with Crippen LogP contribution in [0.3, 0.4) is 0 Å². The summed E-state index contributed by atoms with van der Waals surface area (Å²) in [4.78, 5) is 0. The minimum absolute atomic E-state index is 0.315. The standard InChI is InChI=1S/C29H34O.5C2H6/c1-14-12-13-25(18(5)15(14)2)21(8)29(30)24(11)26-22(9)27-19(6)16(3)17(4)20(7)28(27)23(26)10;5*1-2/h12-13,30H,9-10H2,1-8,11H3;5*1-2H3/b29-21+;;;;;. The Hall–Kier alpha value is -2.80. The zero-order chi connectivity index (χ0) is 32.7. The maximum Gasteiger partial charge on any atom is 0.122 e. The predicted molar refractivity (Wildman–Crippen MR) is 189 cm³/mol. The molecule has 1 N–H and O–H groups in total. The Balaban J connectivity index is -0.00000123. The van der Waals surface area contributed by atoms with Crippen molar-refractivity contribution in [2.24, 2.45) is 0 Å². The molecule has 0 aliphatic heterocycles. The maximum absolute atomic E-state index is 11.3. The van der Waals surface area contributed by atoms with E-state index in [-0.39, 0.29) is 0 Å². The van der Waals surface area contributed by atoms with Gasteiger partial charge < -0.3 is 5.11 Å². The smallest absolute Gasteiger partial charge is 0.122 e. The van der Waals surface area contributed by atoms with Crippen molar-refractivity contribution in [3.05, 3.63) is 97.8 Å². The summed E-state index contributed by atoms with van der Waals surface area (Å²) in [6.07, 6.45) is 0. The first-order valence-electron chi connectivity index (χ1n) is 15.6. The molecule has 1 aliphatic rings. The van der Waals surface area contributed by atoms with Gasteiger partial charge in [0.05, 0.1) is 0 Å². The van der Waals surface area contributed by atoms with Crippen molar-refractivity contribution in [3.63, 3.8) is 0 Å². The van der Waals surface area contributed by atoms with E-state index >= 15 is 0 Å². The van der Waals surface area contributed by atoms with E-state index in [4.69, 9.17) is 0 Å². The molecule has 2 aromatic carbocycles. The average molecular weight is 549 g/mol. The fourth-order valence-electron chi connectivity index (χ4n) is 4.84. The maximum atomic E-state index is 11.3. The molecular formula is C39H64O. The van der Waals surface area contributed by atoms with Gasteiger partial charge in [-0.1, -0.05) is 94.5 Å². The minimum atomic E-state index is 0.315. The quantitative estimate of drug-likeness (QED) is 0.370. The van der Waals surface area contributed by atoms with Crippen molar-refractivity contribution in [1.29, 1.82) is 0 Å². The summed E-state index contributed by atoms with van der Waals surface area (Å²) < 4.78 is 0. The fraction of sp³-hybridized carbons (Fsp3) is 0.487. The summed E-state index contributed by atoms with van der Waals surface area (Å²) in [7, 11) is 0. The van der Waals surface area contributed by atoms with Gasteiger partial charge in [0, 0.05) is 0 Å². The van der Waals surface area contributed by atoms with Gasteiger partial charge in [0.2, 0.25) is 0 Å². The normalized spacial score (nSPS) is 11.4. The van der Waals surface area contributed by atoms with Crippen molar-refractivity contribution in [3.8, 4) is 0 Å². The highest BCUT2D eigenvalue weighted by Gasteiger charge is 2.31. The van der Waals surface area contributed by atoms with E-state index in [1.54, 1.807) is 0 Å². The second-order valence-electron chi connectivity index (χ2n) is 8.86. The van der Waals surface area contributed by atoms with Gasteiger partial charge in [-0.2, -0.15) is 0 Å². The number of hydrogen-bond donors (Lipinski definition) is 1. The lowest BCUT2D eigenvalue weighted by molar-refractivity contribution is 0.425. The van der Waals surface area contributed by atoms with E-state index in [1.165, 1.54) is 50.1 Å².